The lowest BCUT2D eigenvalue weighted by Gasteiger charge is -2.15. The third-order valence-corrected chi connectivity index (χ3v) is 1.51. The number of hydrogen-bond donors (Lipinski definition) is 0. The molecule has 0 heterocycles. The summed E-state index contributed by atoms with van der Waals surface area (Å²) in [6, 6.07) is 0. The predicted octanol–water partition coefficient (Wildman–Crippen LogP) is 3.95. The smallest absolute Gasteiger partial charge is 0.108 e. The Morgan fingerprint density at radius 1 is 1.20 bits per heavy atom. The Labute approximate surface area is 64.8 Å². The van der Waals surface area contributed by atoms with Gasteiger partial charge in [0.25, 0.3) is 0 Å². The zero-order chi connectivity index (χ0) is 8.62. The van der Waals surface area contributed by atoms with E-state index in [0.717, 1.165) is 6.42 Å². The van der Waals surface area contributed by atoms with Crippen molar-refractivity contribution in [2.24, 2.45) is 0 Å². The van der Waals surface area contributed by atoms with Gasteiger partial charge < -0.3 is 0 Å². The second kappa shape index (κ2) is 7.04. The maximum Gasteiger partial charge on any atom is 0.108 e. The summed E-state index contributed by atoms with van der Waals surface area (Å²) >= 11 is 0. The van der Waals surface area contributed by atoms with E-state index in [1.165, 1.54) is 0 Å². The highest BCUT2D eigenvalue weighted by Gasteiger charge is 2.17. The first-order valence-electron chi connectivity index (χ1n) is 4.31. The van der Waals surface area contributed by atoms with Crippen LogP contribution in [0.2, 0.25) is 0 Å². The Bertz CT molecular complexity index is 57.7. The average Bonchev–Trinajstić information content (AvgIpc) is 1.93. The molecule has 1 heteroatoms. The molecule has 0 amide bonds. The SMILES string of the molecule is CC.CCCC(C)(F)CC. The summed E-state index contributed by atoms with van der Waals surface area (Å²) in [5.41, 5.74) is -0.908. The van der Waals surface area contributed by atoms with Gasteiger partial charge in [0.1, 0.15) is 5.67 Å². The van der Waals surface area contributed by atoms with Crippen LogP contribution in [0, 0.1) is 0 Å². The number of alkyl halides is 1. The van der Waals surface area contributed by atoms with Crippen molar-refractivity contribution in [1.82, 2.24) is 0 Å². The maximum atomic E-state index is 12.8. The minimum atomic E-state index is -0.908. The Balaban J connectivity index is 0. The highest BCUT2D eigenvalue weighted by atomic mass is 19.1. The molecule has 0 radical (unpaired) electrons. The topological polar surface area (TPSA) is 0 Å². The van der Waals surface area contributed by atoms with Crippen molar-refractivity contribution in [1.29, 1.82) is 0 Å². The molecule has 0 aromatic carbocycles. The zero-order valence-electron chi connectivity index (χ0n) is 8.00. The molecule has 0 spiro atoms. The summed E-state index contributed by atoms with van der Waals surface area (Å²) in [6.45, 7) is 9.56. The first-order valence-corrected chi connectivity index (χ1v) is 4.31. The van der Waals surface area contributed by atoms with Crippen molar-refractivity contribution in [3.05, 3.63) is 0 Å². The molecule has 1 atom stereocenters. The van der Waals surface area contributed by atoms with Crippen molar-refractivity contribution in [2.75, 3.05) is 0 Å². The molecule has 1 unspecified atom stereocenters. The minimum Gasteiger partial charge on any atom is -0.244 e. The molecule has 0 saturated heterocycles. The van der Waals surface area contributed by atoms with Crippen LogP contribution < -0.4 is 0 Å². The van der Waals surface area contributed by atoms with Gasteiger partial charge in [0.2, 0.25) is 0 Å². The van der Waals surface area contributed by atoms with Crippen molar-refractivity contribution in [2.45, 2.75) is 59.5 Å². The molecular weight excluding hydrogens is 127 g/mol. The summed E-state index contributed by atoms with van der Waals surface area (Å²) in [4.78, 5) is 0. The van der Waals surface area contributed by atoms with E-state index in [4.69, 9.17) is 0 Å². The van der Waals surface area contributed by atoms with Crippen molar-refractivity contribution >= 4 is 0 Å². The van der Waals surface area contributed by atoms with E-state index in [-0.39, 0.29) is 0 Å². The van der Waals surface area contributed by atoms with Gasteiger partial charge in [0.05, 0.1) is 0 Å². The molecule has 0 aromatic rings. The zero-order valence-corrected chi connectivity index (χ0v) is 8.00. The van der Waals surface area contributed by atoms with Crippen LogP contribution in [-0.4, -0.2) is 5.67 Å². The molecule has 10 heavy (non-hydrogen) atoms. The number of rotatable bonds is 3. The van der Waals surface area contributed by atoms with E-state index < -0.39 is 5.67 Å². The van der Waals surface area contributed by atoms with Gasteiger partial charge in [-0.2, -0.15) is 0 Å². The molecular formula is C9H21F. The van der Waals surface area contributed by atoms with Gasteiger partial charge in [0, 0.05) is 0 Å². The number of halogens is 1. The number of hydrogen-bond acceptors (Lipinski definition) is 0. The lowest BCUT2D eigenvalue weighted by atomic mass is 10.0. The van der Waals surface area contributed by atoms with Crippen LogP contribution in [0.1, 0.15) is 53.9 Å². The normalized spacial score (nSPS) is 15.0. The van der Waals surface area contributed by atoms with E-state index in [1.54, 1.807) is 6.92 Å². The van der Waals surface area contributed by atoms with Crippen LogP contribution in [-0.2, 0) is 0 Å². The van der Waals surface area contributed by atoms with Gasteiger partial charge in [0.15, 0.2) is 0 Å². The highest BCUT2D eigenvalue weighted by molar-refractivity contribution is 4.68. The van der Waals surface area contributed by atoms with Crippen molar-refractivity contribution in [3.8, 4) is 0 Å². The summed E-state index contributed by atoms with van der Waals surface area (Å²) in [5.74, 6) is 0. The van der Waals surface area contributed by atoms with Crippen molar-refractivity contribution < 1.29 is 4.39 Å². The van der Waals surface area contributed by atoms with Gasteiger partial charge in [-0.3, -0.25) is 0 Å². The minimum absolute atomic E-state index is 0.640. The third kappa shape index (κ3) is 7.93. The first-order chi connectivity index (χ1) is 4.62. The van der Waals surface area contributed by atoms with Crippen LogP contribution in [0.4, 0.5) is 4.39 Å². The molecule has 0 fully saturated rings. The molecule has 0 rings (SSSR count). The second-order valence-corrected chi connectivity index (χ2v) is 2.52. The molecule has 0 aromatic heterocycles. The van der Waals surface area contributed by atoms with Crippen molar-refractivity contribution in [3.63, 3.8) is 0 Å². The van der Waals surface area contributed by atoms with Crippen LogP contribution in [0.15, 0.2) is 0 Å². The quantitative estimate of drug-likeness (QED) is 0.568. The second-order valence-electron chi connectivity index (χ2n) is 2.52. The Hall–Kier alpha value is -0.0700. The molecule has 0 N–H and O–H groups in total. The summed E-state index contributed by atoms with van der Waals surface area (Å²) in [6.07, 6.45) is 2.28. The molecule has 0 aliphatic rings. The molecule has 0 bridgehead atoms. The highest BCUT2D eigenvalue weighted by Crippen LogP contribution is 2.20. The standard InChI is InChI=1S/C7H15F.C2H6/c1-4-6-7(3,8)5-2;1-2/h4-6H2,1-3H3;1-2H3. The largest absolute Gasteiger partial charge is 0.244 e. The van der Waals surface area contributed by atoms with Crippen LogP contribution >= 0.6 is 0 Å². The molecule has 0 nitrogen and oxygen atoms in total. The van der Waals surface area contributed by atoms with E-state index in [9.17, 15) is 4.39 Å². The fraction of sp³-hybridized carbons (Fsp3) is 1.00. The Kier molecular flexibility index (Phi) is 8.87. The van der Waals surface area contributed by atoms with Crippen LogP contribution in [0.25, 0.3) is 0 Å². The van der Waals surface area contributed by atoms with E-state index in [2.05, 4.69) is 0 Å². The Morgan fingerprint density at radius 2 is 1.60 bits per heavy atom. The van der Waals surface area contributed by atoms with Gasteiger partial charge in [-0.15, -0.1) is 0 Å². The van der Waals surface area contributed by atoms with Gasteiger partial charge in [-0.1, -0.05) is 34.1 Å². The predicted molar refractivity (Wildman–Crippen MR) is 46.1 cm³/mol. The van der Waals surface area contributed by atoms with Gasteiger partial charge >= 0.3 is 0 Å². The summed E-state index contributed by atoms with van der Waals surface area (Å²) < 4.78 is 12.8. The molecule has 0 saturated carbocycles. The van der Waals surface area contributed by atoms with Gasteiger partial charge in [-0.05, 0) is 19.8 Å². The summed E-state index contributed by atoms with van der Waals surface area (Å²) in [5, 5.41) is 0. The van der Waals surface area contributed by atoms with E-state index in [1.807, 2.05) is 27.7 Å². The maximum absolute atomic E-state index is 12.8. The Morgan fingerprint density at radius 3 is 1.70 bits per heavy atom. The average molecular weight is 148 g/mol. The third-order valence-electron chi connectivity index (χ3n) is 1.51. The first kappa shape index (κ1) is 12.6. The molecule has 64 valence electrons. The van der Waals surface area contributed by atoms with E-state index in [0.29, 0.717) is 12.8 Å². The van der Waals surface area contributed by atoms with Crippen LogP contribution in [0.5, 0.6) is 0 Å². The summed E-state index contributed by atoms with van der Waals surface area (Å²) in [7, 11) is 0. The lowest BCUT2D eigenvalue weighted by Crippen LogP contribution is -2.14. The van der Waals surface area contributed by atoms with Gasteiger partial charge in [-0.25, -0.2) is 4.39 Å². The molecule has 0 aliphatic carbocycles. The van der Waals surface area contributed by atoms with E-state index >= 15 is 0 Å². The monoisotopic (exact) mass is 148 g/mol. The molecule has 0 aliphatic heterocycles. The fourth-order valence-electron chi connectivity index (χ4n) is 0.698. The fourth-order valence-corrected chi connectivity index (χ4v) is 0.698. The lowest BCUT2D eigenvalue weighted by molar-refractivity contribution is 0.167. The van der Waals surface area contributed by atoms with Crippen LogP contribution in [0.3, 0.4) is 0 Å².